The van der Waals surface area contributed by atoms with E-state index in [4.69, 9.17) is 4.98 Å². The molecule has 0 aliphatic carbocycles. The highest BCUT2D eigenvalue weighted by atomic mass is 16.3. The Morgan fingerprint density at radius 3 is 2.59 bits per heavy atom. The predicted molar refractivity (Wildman–Crippen MR) is 160 cm³/mol. The van der Waals surface area contributed by atoms with E-state index < -0.39 is 5.92 Å². The Balaban J connectivity index is 1.39. The molecule has 1 aliphatic heterocycles. The second kappa shape index (κ2) is 13.5. The summed E-state index contributed by atoms with van der Waals surface area (Å²) >= 11 is 0. The Morgan fingerprint density at radius 2 is 1.83 bits per heavy atom. The van der Waals surface area contributed by atoms with Gasteiger partial charge in [-0.1, -0.05) is 36.9 Å². The molecule has 0 bridgehead atoms. The minimum Gasteiger partial charge on any atom is -0.513 e. The number of aromatic nitrogens is 4. The van der Waals surface area contributed by atoms with E-state index in [2.05, 4.69) is 42.4 Å². The summed E-state index contributed by atoms with van der Waals surface area (Å²) in [6.45, 7) is 7.50. The van der Waals surface area contributed by atoms with Crippen LogP contribution in [0.4, 0.5) is 17.5 Å². The number of pyridine rings is 2. The fraction of sp³-hybridized carbons (Fsp3) is 0.258. The highest BCUT2D eigenvalue weighted by Crippen LogP contribution is 2.26. The van der Waals surface area contributed by atoms with Gasteiger partial charge in [-0.25, -0.2) is 15.0 Å². The minimum atomic E-state index is -0.449. The number of benzene rings is 1. The number of amides is 1. The highest BCUT2D eigenvalue weighted by Gasteiger charge is 2.20. The van der Waals surface area contributed by atoms with Gasteiger partial charge in [0.05, 0.1) is 17.6 Å². The van der Waals surface area contributed by atoms with Crippen LogP contribution in [0.3, 0.4) is 0 Å². The lowest BCUT2D eigenvalue weighted by Crippen LogP contribution is -2.43. The van der Waals surface area contributed by atoms with Gasteiger partial charge < -0.3 is 26.0 Å². The van der Waals surface area contributed by atoms with Gasteiger partial charge in [-0.3, -0.25) is 9.78 Å². The molecule has 4 aromatic rings. The summed E-state index contributed by atoms with van der Waals surface area (Å²) in [6.07, 6.45) is 7.33. The third kappa shape index (κ3) is 7.86. The molecule has 1 saturated heterocycles. The van der Waals surface area contributed by atoms with Crippen LogP contribution in [0, 0.1) is 5.92 Å². The molecule has 0 spiro atoms. The number of allylic oxidation sites excluding steroid dienone is 1. The Morgan fingerprint density at radius 1 is 1.00 bits per heavy atom. The van der Waals surface area contributed by atoms with Gasteiger partial charge in [0, 0.05) is 69.2 Å². The van der Waals surface area contributed by atoms with Gasteiger partial charge in [-0.2, -0.15) is 0 Å². The molecule has 5 rings (SSSR count). The molecule has 1 atom stereocenters. The predicted octanol–water partition coefficient (Wildman–Crippen LogP) is 4.02. The molecule has 0 radical (unpaired) electrons. The van der Waals surface area contributed by atoms with E-state index in [9.17, 15) is 9.90 Å². The lowest BCUT2D eigenvalue weighted by atomic mass is 9.94. The van der Waals surface area contributed by atoms with Crippen LogP contribution in [0.1, 0.15) is 17.5 Å². The van der Waals surface area contributed by atoms with E-state index in [1.54, 1.807) is 24.8 Å². The summed E-state index contributed by atoms with van der Waals surface area (Å²) in [7, 11) is 0. The van der Waals surface area contributed by atoms with Gasteiger partial charge >= 0.3 is 0 Å². The number of rotatable bonds is 11. The fourth-order valence-corrected chi connectivity index (χ4v) is 4.81. The van der Waals surface area contributed by atoms with Crippen LogP contribution in [0.5, 0.6) is 0 Å². The van der Waals surface area contributed by atoms with Crippen molar-refractivity contribution in [2.24, 2.45) is 5.92 Å². The normalized spacial score (nSPS) is 13.8. The Hall–Kier alpha value is -4.83. The Bertz CT molecular complexity index is 1460. The summed E-state index contributed by atoms with van der Waals surface area (Å²) in [4.78, 5) is 33.4. The van der Waals surface area contributed by atoms with Crippen LogP contribution in [-0.2, 0) is 17.8 Å². The highest BCUT2D eigenvalue weighted by molar-refractivity contribution is 5.79. The molecule has 10 nitrogen and oxygen atoms in total. The summed E-state index contributed by atoms with van der Waals surface area (Å²) < 4.78 is 0. The molecule has 210 valence electrons. The van der Waals surface area contributed by atoms with Gasteiger partial charge in [0.2, 0.25) is 5.91 Å². The number of carbonyl (C=O) groups excluding carboxylic acids is 1. The number of hydrogen-bond acceptors (Lipinski definition) is 9. The maximum atomic E-state index is 13.3. The zero-order chi connectivity index (χ0) is 28.4. The molecule has 1 aromatic carbocycles. The minimum absolute atomic E-state index is 0.0132. The second-order valence-electron chi connectivity index (χ2n) is 9.98. The monoisotopic (exact) mass is 550 g/mol. The largest absolute Gasteiger partial charge is 0.513 e. The van der Waals surface area contributed by atoms with Gasteiger partial charge in [0.1, 0.15) is 17.5 Å². The topological polar surface area (TPSA) is 128 Å². The van der Waals surface area contributed by atoms with Crippen LogP contribution in [-0.4, -0.2) is 57.1 Å². The zero-order valence-corrected chi connectivity index (χ0v) is 22.8. The van der Waals surface area contributed by atoms with E-state index in [0.717, 1.165) is 54.4 Å². The third-order valence-electron chi connectivity index (χ3n) is 6.83. The van der Waals surface area contributed by atoms with Crippen LogP contribution < -0.4 is 20.9 Å². The molecule has 1 fully saturated rings. The number of aliphatic hydroxyl groups excluding tert-OH is 1. The van der Waals surface area contributed by atoms with Gasteiger partial charge in [0.25, 0.3) is 0 Å². The maximum absolute atomic E-state index is 13.3. The molecule has 10 heteroatoms. The third-order valence-corrected chi connectivity index (χ3v) is 6.83. The second-order valence-corrected chi connectivity index (χ2v) is 9.98. The number of piperazine rings is 1. The Kier molecular flexibility index (Phi) is 9.12. The summed E-state index contributed by atoms with van der Waals surface area (Å²) in [6, 6.07) is 17.6. The van der Waals surface area contributed by atoms with Crippen molar-refractivity contribution in [3.05, 3.63) is 103 Å². The van der Waals surface area contributed by atoms with Gasteiger partial charge in [-0.15, -0.1) is 0 Å². The van der Waals surface area contributed by atoms with Gasteiger partial charge in [-0.05, 0) is 41.8 Å². The van der Waals surface area contributed by atoms with E-state index in [-0.39, 0.29) is 24.6 Å². The molecular formula is C31H34N8O2. The van der Waals surface area contributed by atoms with Crippen LogP contribution >= 0.6 is 0 Å². The Labute approximate surface area is 239 Å². The zero-order valence-electron chi connectivity index (χ0n) is 22.8. The summed E-state index contributed by atoms with van der Waals surface area (Å²) in [5.41, 5.74) is 3.54. The summed E-state index contributed by atoms with van der Waals surface area (Å²) in [5, 5.41) is 19.5. The number of aliphatic hydroxyl groups is 1. The number of nitrogens with one attached hydrogen (secondary N) is 3. The number of anilines is 3. The molecule has 4 heterocycles. The number of carbonyl (C=O) groups is 1. The van der Waals surface area contributed by atoms with E-state index in [0.29, 0.717) is 18.1 Å². The molecule has 3 aromatic heterocycles. The van der Waals surface area contributed by atoms with Crippen LogP contribution in [0.15, 0.2) is 91.7 Å². The number of nitrogens with zero attached hydrogens (tertiary/aromatic N) is 5. The maximum Gasteiger partial charge on any atom is 0.224 e. The molecule has 41 heavy (non-hydrogen) atoms. The van der Waals surface area contributed by atoms with Crippen molar-refractivity contribution in [2.75, 3.05) is 36.4 Å². The molecular weight excluding hydrogens is 516 g/mol. The first kappa shape index (κ1) is 27.7. The first-order valence-corrected chi connectivity index (χ1v) is 13.7. The lowest BCUT2D eigenvalue weighted by Gasteiger charge is -2.28. The fourth-order valence-electron chi connectivity index (χ4n) is 4.81. The van der Waals surface area contributed by atoms with Crippen molar-refractivity contribution < 1.29 is 9.90 Å². The summed E-state index contributed by atoms with van der Waals surface area (Å²) in [5.74, 6) is 1.43. The van der Waals surface area contributed by atoms with Crippen LogP contribution in [0.25, 0.3) is 11.3 Å². The molecule has 4 N–H and O–H groups in total. The van der Waals surface area contributed by atoms with Crippen molar-refractivity contribution in [1.82, 2.24) is 30.6 Å². The molecule has 1 amide bonds. The number of hydrogen-bond donors (Lipinski definition) is 4. The SMILES string of the molecule is C=C(O)C[C@H](Cc1ccccc1)C(=O)NCc1cc(Nc2cnccn2)nc(-c2ccnc(N3CCNCC3)c2)c1. The van der Waals surface area contributed by atoms with E-state index in [1.807, 2.05) is 54.6 Å². The molecule has 0 unspecified atom stereocenters. The van der Waals surface area contributed by atoms with Gasteiger partial charge in [0.15, 0.2) is 0 Å². The molecule has 1 aliphatic rings. The first-order chi connectivity index (χ1) is 20.0. The van der Waals surface area contributed by atoms with Crippen molar-refractivity contribution in [1.29, 1.82) is 0 Å². The quantitative estimate of drug-likeness (QED) is 0.205. The smallest absolute Gasteiger partial charge is 0.224 e. The van der Waals surface area contributed by atoms with Crippen LogP contribution in [0.2, 0.25) is 0 Å². The molecule has 0 saturated carbocycles. The van der Waals surface area contributed by atoms with Crippen molar-refractivity contribution >= 4 is 23.4 Å². The van der Waals surface area contributed by atoms with Crippen molar-refractivity contribution in [3.63, 3.8) is 0 Å². The van der Waals surface area contributed by atoms with Crippen molar-refractivity contribution in [3.8, 4) is 11.3 Å². The first-order valence-electron chi connectivity index (χ1n) is 13.7. The van der Waals surface area contributed by atoms with E-state index >= 15 is 0 Å². The van der Waals surface area contributed by atoms with Crippen molar-refractivity contribution in [2.45, 2.75) is 19.4 Å². The standard InChI is InChI=1S/C31H34N8O2/c1-22(40)15-26(16-23-5-3-2-4-6-23)31(41)36-20-24-17-27(37-28(18-24)38-29-21-33-9-10-34-29)25-7-8-35-30(19-25)39-13-11-32-12-14-39/h2-10,17-19,21,26,32,40H,1,11-16,20H2,(H,36,41)(H,34,37,38)/t26-/m1/s1. The lowest BCUT2D eigenvalue weighted by molar-refractivity contribution is -0.125. The average Bonchev–Trinajstić information content (AvgIpc) is 3.01. The van der Waals surface area contributed by atoms with E-state index in [1.165, 1.54) is 0 Å². The average molecular weight is 551 g/mol.